The van der Waals surface area contributed by atoms with Crippen molar-refractivity contribution in [3.63, 3.8) is 0 Å². The van der Waals surface area contributed by atoms with Gasteiger partial charge in [0.15, 0.2) is 0 Å². The molecule has 2 aromatic carbocycles. The van der Waals surface area contributed by atoms with E-state index in [1.807, 2.05) is 48.7 Å². The van der Waals surface area contributed by atoms with Gasteiger partial charge in [-0.05, 0) is 18.2 Å². The summed E-state index contributed by atoms with van der Waals surface area (Å²) in [5, 5.41) is 7.25. The van der Waals surface area contributed by atoms with E-state index in [2.05, 4.69) is 22.3 Å². The molecule has 3 heteroatoms. The van der Waals surface area contributed by atoms with Gasteiger partial charge in [0, 0.05) is 17.3 Å². The molecule has 0 saturated heterocycles. The van der Waals surface area contributed by atoms with Gasteiger partial charge in [0.25, 0.3) is 0 Å². The molecular formula is C16H12N2O. The molecule has 3 nitrogen and oxygen atoms in total. The summed E-state index contributed by atoms with van der Waals surface area (Å²) in [6.45, 7) is 0. The molecule has 92 valence electrons. The van der Waals surface area contributed by atoms with E-state index in [0.29, 0.717) is 0 Å². The van der Waals surface area contributed by atoms with Gasteiger partial charge in [0.05, 0.1) is 11.6 Å². The number of hydrogen-bond acceptors (Lipinski definition) is 2. The van der Waals surface area contributed by atoms with Crippen LogP contribution in [0.15, 0.2) is 60.8 Å². The second-order valence-electron chi connectivity index (χ2n) is 4.61. The minimum atomic E-state index is 0.132. The van der Waals surface area contributed by atoms with E-state index in [0.717, 1.165) is 28.3 Å². The lowest BCUT2D eigenvalue weighted by molar-refractivity contribution is 0.452. The van der Waals surface area contributed by atoms with E-state index in [-0.39, 0.29) is 5.92 Å². The number of fused-ring (bicyclic) bond motifs is 2. The molecule has 0 amide bonds. The third kappa shape index (κ3) is 1.55. The Hall–Kier alpha value is -2.55. The average molecular weight is 248 g/mol. The molecule has 0 unspecified atom stereocenters. The molecule has 0 aliphatic carbocycles. The molecule has 1 aliphatic rings. The summed E-state index contributed by atoms with van der Waals surface area (Å²) in [5.74, 6) is 1.95. The Morgan fingerprint density at radius 2 is 1.47 bits per heavy atom. The van der Waals surface area contributed by atoms with Gasteiger partial charge in [-0.1, -0.05) is 36.4 Å². The number of nitrogens with one attached hydrogen (secondary N) is 1. The van der Waals surface area contributed by atoms with Crippen molar-refractivity contribution >= 4 is 0 Å². The third-order valence-corrected chi connectivity index (χ3v) is 3.50. The molecule has 0 radical (unpaired) electrons. The number of para-hydroxylation sites is 2. The van der Waals surface area contributed by atoms with Crippen LogP contribution in [0, 0.1) is 0 Å². The molecule has 0 bridgehead atoms. The Morgan fingerprint density at radius 1 is 0.842 bits per heavy atom. The minimum Gasteiger partial charge on any atom is -0.457 e. The summed E-state index contributed by atoms with van der Waals surface area (Å²) in [4.78, 5) is 0. The number of ether oxygens (including phenoxy) is 1. The number of aromatic amines is 1. The highest BCUT2D eigenvalue weighted by atomic mass is 16.5. The van der Waals surface area contributed by atoms with E-state index < -0.39 is 0 Å². The fourth-order valence-electron chi connectivity index (χ4n) is 2.66. The summed E-state index contributed by atoms with van der Waals surface area (Å²) >= 11 is 0. The first-order chi connectivity index (χ1) is 9.43. The van der Waals surface area contributed by atoms with Crippen molar-refractivity contribution < 1.29 is 4.74 Å². The number of H-pyrrole nitrogens is 1. The van der Waals surface area contributed by atoms with Crippen molar-refractivity contribution in [2.45, 2.75) is 5.92 Å². The van der Waals surface area contributed by atoms with Crippen LogP contribution in [0.25, 0.3) is 0 Å². The summed E-state index contributed by atoms with van der Waals surface area (Å²) in [6, 6.07) is 18.3. The van der Waals surface area contributed by atoms with Crippen molar-refractivity contribution in [2.75, 3.05) is 0 Å². The highest BCUT2D eigenvalue weighted by Gasteiger charge is 2.29. The molecular weight excluding hydrogens is 236 g/mol. The Bertz CT molecular complexity index is 674. The van der Waals surface area contributed by atoms with Crippen molar-refractivity contribution in [1.29, 1.82) is 0 Å². The lowest BCUT2D eigenvalue weighted by Gasteiger charge is -2.26. The molecule has 3 aromatic rings. The second kappa shape index (κ2) is 3.99. The predicted octanol–water partition coefficient (Wildman–Crippen LogP) is 3.70. The van der Waals surface area contributed by atoms with Crippen LogP contribution in [0.3, 0.4) is 0 Å². The monoisotopic (exact) mass is 248 g/mol. The topological polar surface area (TPSA) is 37.9 Å². The number of hydrogen-bond donors (Lipinski definition) is 1. The Labute approximate surface area is 110 Å². The lowest BCUT2D eigenvalue weighted by atomic mass is 9.86. The predicted molar refractivity (Wildman–Crippen MR) is 72.5 cm³/mol. The highest BCUT2D eigenvalue weighted by Crippen LogP contribution is 2.46. The summed E-state index contributed by atoms with van der Waals surface area (Å²) < 4.78 is 5.97. The molecule has 19 heavy (non-hydrogen) atoms. The van der Waals surface area contributed by atoms with Gasteiger partial charge < -0.3 is 4.74 Å². The van der Waals surface area contributed by atoms with Gasteiger partial charge in [0.1, 0.15) is 11.5 Å². The zero-order valence-electron chi connectivity index (χ0n) is 10.2. The first-order valence-electron chi connectivity index (χ1n) is 6.29. The maximum absolute atomic E-state index is 5.97. The molecule has 0 spiro atoms. The summed E-state index contributed by atoms with van der Waals surface area (Å²) in [7, 11) is 0. The smallest absolute Gasteiger partial charge is 0.131 e. The van der Waals surface area contributed by atoms with Gasteiger partial charge >= 0.3 is 0 Å². The molecule has 2 heterocycles. The van der Waals surface area contributed by atoms with Gasteiger partial charge in [-0.3, -0.25) is 5.10 Å². The van der Waals surface area contributed by atoms with Crippen LogP contribution in [0.2, 0.25) is 0 Å². The Kier molecular flexibility index (Phi) is 2.18. The Morgan fingerprint density at radius 3 is 2.05 bits per heavy atom. The third-order valence-electron chi connectivity index (χ3n) is 3.50. The molecule has 1 aliphatic heterocycles. The fraction of sp³-hybridized carbons (Fsp3) is 0.0625. The quantitative estimate of drug-likeness (QED) is 0.557. The van der Waals surface area contributed by atoms with Crippen LogP contribution in [0.4, 0.5) is 0 Å². The number of benzene rings is 2. The van der Waals surface area contributed by atoms with E-state index in [4.69, 9.17) is 4.74 Å². The minimum absolute atomic E-state index is 0.132. The van der Waals surface area contributed by atoms with Crippen LogP contribution < -0.4 is 4.74 Å². The van der Waals surface area contributed by atoms with Crippen molar-refractivity contribution in [2.24, 2.45) is 0 Å². The maximum atomic E-state index is 5.97. The zero-order valence-corrected chi connectivity index (χ0v) is 10.2. The van der Waals surface area contributed by atoms with E-state index in [1.54, 1.807) is 0 Å². The summed E-state index contributed by atoms with van der Waals surface area (Å²) in [6.07, 6.45) is 1.86. The Balaban J connectivity index is 1.98. The van der Waals surface area contributed by atoms with Crippen molar-refractivity contribution in [3.8, 4) is 11.5 Å². The van der Waals surface area contributed by atoms with E-state index in [9.17, 15) is 0 Å². The standard InChI is InChI=1S/C16H12N2O/c1-3-7-14-11(5-1)16(13-9-10-17-18-13)12-6-2-4-8-15(12)19-14/h1-10,16H,(H,17,18). The SMILES string of the molecule is c1ccc2c(c1)Oc1ccccc1C2c1cc[nH]n1. The zero-order chi connectivity index (χ0) is 12.7. The van der Waals surface area contributed by atoms with Gasteiger partial charge in [0.2, 0.25) is 0 Å². The lowest BCUT2D eigenvalue weighted by Crippen LogP contribution is -2.11. The van der Waals surface area contributed by atoms with Crippen molar-refractivity contribution in [3.05, 3.63) is 77.6 Å². The molecule has 4 rings (SSSR count). The number of rotatable bonds is 1. The fourth-order valence-corrected chi connectivity index (χ4v) is 2.66. The van der Waals surface area contributed by atoms with Crippen LogP contribution >= 0.6 is 0 Å². The second-order valence-corrected chi connectivity index (χ2v) is 4.61. The highest BCUT2D eigenvalue weighted by molar-refractivity contribution is 5.56. The van der Waals surface area contributed by atoms with Crippen LogP contribution in [0.5, 0.6) is 11.5 Å². The summed E-state index contributed by atoms with van der Waals surface area (Å²) in [5.41, 5.74) is 3.34. The average Bonchev–Trinajstić information content (AvgIpc) is 2.98. The first kappa shape index (κ1) is 10.4. The van der Waals surface area contributed by atoms with Gasteiger partial charge in [-0.2, -0.15) is 5.10 Å². The maximum Gasteiger partial charge on any atom is 0.131 e. The van der Waals surface area contributed by atoms with Gasteiger partial charge in [-0.15, -0.1) is 0 Å². The van der Waals surface area contributed by atoms with Crippen LogP contribution in [-0.4, -0.2) is 10.2 Å². The van der Waals surface area contributed by atoms with E-state index in [1.165, 1.54) is 0 Å². The van der Waals surface area contributed by atoms with Crippen molar-refractivity contribution in [1.82, 2.24) is 10.2 Å². The van der Waals surface area contributed by atoms with Gasteiger partial charge in [-0.25, -0.2) is 0 Å². The van der Waals surface area contributed by atoms with Crippen LogP contribution in [-0.2, 0) is 0 Å². The molecule has 1 aromatic heterocycles. The molecule has 0 saturated carbocycles. The largest absolute Gasteiger partial charge is 0.457 e. The van der Waals surface area contributed by atoms with Crippen LogP contribution in [0.1, 0.15) is 22.7 Å². The first-order valence-corrected chi connectivity index (χ1v) is 6.29. The van der Waals surface area contributed by atoms with E-state index >= 15 is 0 Å². The number of aromatic nitrogens is 2. The normalized spacial score (nSPS) is 13.5. The molecule has 0 fully saturated rings. The number of nitrogens with zero attached hydrogens (tertiary/aromatic N) is 1. The molecule has 1 N–H and O–H groups in total. The molecule has 0 atom stereocenters.